The van der Waals surface area contributed by atoms with Crippen LogP contribution >= 0.6 is 15.9 Å². The zero-order valence-corrected chi connectivity index (χ0v) is 11.1. The van der Waals surface area contributed by atoms with Gasteiger partial charge in [0.15, 0.2) is 0 Å². The summed E-state index contributed by atoms with van der Waals surface area (Å²) in [5, 5.41) is 0. The first kappa shape index (κ1) is 12.7. The summed E-state index contributed by atoms with van der Waals surface area (Å²) in [6.07, 6.45) is 0. The lowest BCUT2D eigenvalue weighted by Gasteiger charge is -2.08. The third-order valence-electron chi connectivity index (χ3n) is 2.03. The minimum Gasteiger partial charge on any atom is -0.301 e. The molecule has 0 saturated heterocycles. The SMILES string of the molecule is Cc1ccc(CNOCC(C)C)cc1Br. The number of nitrogens with one attached hydrogen (secondary N) is 1. The lowest BCUT2D eigenvalue weighted by Crippen LogP contribution is -2.17. The van der Waals surface area contributed by atoms with Gasteiger partial charge in [-0.15, -0.1) is 0 Å². The van der Waals surface area contributed by atoms with Crippen molar-refractivity contribution >= 4 is 15.9 Å². The Morgan fingerprint density at radius 3 is 2.73 bits per heavy atom. The molecule has 0 heterocycles. The molecule has 15 heavy (non-hydrogen) atoms. The molecule has 0 bridgehead atoms. The molecule has 1 aromatic rings. The van der Waals surface area contributed by atoms with Gasteiger partial charge in [0.05, 0.1) is 6.61 Å². The molecule has 3 heteroatoms. The van der Waals surface area contributed by atoms with E-state index in [2.05, 4.69) is 60.4 Å². The van der Waals surface area contributed by atoms with Gasteiger partial charge in [-0.3, -0.25) is 0 Å². The highest BCUT2D eigenvalue weighted by Gasteiger charge is 1.98. The molecule has 0 saturated carbocycles. The Hall–Kier alpha value is -0.380. The molecule has 0 aliphatic carbocycles. The third-order valence-corrected chi connectivity index (χ3v) is 2.89. The van der Waals surface area contributed by atoms with E-state index in [1.165, 1.54) is 11.1 Å². The first-order valence-electron chi connectivity index (χ1n) is 5.19. The molecule has 0 spiro atoms. The van der Waals surface area contributed by atoms with Gasteiger partial charge >= 0.3 is 0 Å². The average Bonchev–Trinajstić information content (AvgIpc) is 2.18. The number of halogens is 1. The first-order chi connectivity index (χ1) is 7.09. The van der Waals surface area contributed by atoms with Gasteiger partial charge in [-0.2, -0.15) is 5.48 Å². The summed E-state index contributed by atoms with van der Waals surface area (Å²) in [5.74, 6) is 0.558. The minimum atomic E-state index is 0.558. The first-order valence-corrected chi connectivity index (χ1v) is 5.98. The Balaban J connectivity index is 2.35. The van der Waals surface area contributed by atoms with Gasteiger partial charge in [-0.25, -0.2) is 0 Å². The highest BCUT2D eigenvalue weighted by atomic mass is 79.9. The zero-order valence-electron chi connectivity index (χ0n) is 9.51. The molecule has 0 amide bonds. The van der Waals surface area contributed by atoms with Crippen molar-refractivity contribution in [1.82, 2.24) is 5.48 Å². The Kier molecular flexibility index (Phi) is 5.29. The highest BCUT2D eigenvalue weighted by Crippen LogP contribution is 2.17. The van der Waals surface area contributed by atoms with Crippen LogP contribution < -0.4 is 5.48 Å². The van der Waals surface area contributed by atoms with Gasteiger partial charge in [0.1, 0.15) is 0 Å². The van der Waals surface area contributed by atoms with Crippen LogP contribution in [0.25, 0.3) is 0 Å². The predicted octanol–water partition coefficient (Wildman–Crippen LogP) is 3.43. The van der Waals surface area contributed by atoms with Crippen LogP contribution in [0, 0.1) is 12.8 Å². The third kappa shape index (κ3) is 4.78. The van der Waals surface area contributed by atoms with Crippen LogP contribution in [-0.2, 0) is 11.4 Å². The van der Waals surface area contributed by atoms with Crippen LogP contribution in [0.2, 0.25) is 0 Å². The van der Waals surface area contributed by atoms with E-state index in [1.54, 1.807) is 0 Å². The monoisotopic (exact) mass is 271 g/mol. The minimum absolute atomic E-state index is 0.558. The number of rotatable bonds is 5. The summed E-state index contributed by atoms with van der Waals surface area (Å²) >= 11 is 3.51. The number of benzene rings is 1. The summed E-state index contributed by atoms with van der Waals surface area (Å²) < 4.78 is 1.14. The average molecular weight is 272 g/mol. The van der Waals surface area contributed by atoms with Crippen molar-refractivity contribution in [3.63, 3.8) is 0 Å². The molecule has 0 atom stereocenters. The summed E-state index contributed by atoms with van der Waals surface area (Å²) in [6.45, 7) is 7.82. The van der Waals surface area contributed by atoms with E-state index in [0.717, 1.165) is 17.6 Å². The van der Waals surface area contributed by atoms with Gasteiger partial charge in [0.2, 0.25) is 0 Å². The number of aryl methyl sites for hydroxylation is 1. The van der Waals surface area contributed by atoms with E-state index in [-0.39, 0.29) is 0 Å². The second kappa shape index (κ2) is 6.26. The summed E-state index contributed by atoms with van der Waals surface area (Å²) in [5.41, 5.74) is 5.43. The number of hydrogen-bond donors (Lipinski definition) is 1. The van der Waals surface area contributed by atoms with E-state index >= 15 is 0 Å². The van der Waals surface area contributed by atoms with E-state index in [1.807, 2.05) is 0 Å². The van der Waals surface area contributed by atoms with Crippen molar-refractivity contribution in [2.24, 2.45) is 5.92 Å². The van der Waals surface area contributed by atoms with Crippen molar-refractivity contribution in [2.75, 3.05) is 6.61 Å². The molecule has 1 rings (SSSR count). The standard InChI is InChI=1S/C12H18BrNO/c1-9(2)8-15-14-7-11-5-4-10(3)12(13)6-11/h4-6,9,14H,7-8H2,1-3H3. The fourth-order valence-corrected chi connectivity index (χ4v) is 1.53. The largest absolute Gasteiger partial charge is 0.301 e. The molecule has 2 nitrogen and oxygen atoms in total. The van der Waals surface area contributed by atoms with Crippen molar-refractivity contribution < 1.29 is 4.84 Å². The number of hydroxylamine groups is 1. The lowest BCUT2D eigenvalue weighted by atomic mass is 10.1. The molecular weight excluding hydrogens is 254 g/mol. The predicted molar refractivity (Wildman–Crippen MR) is 66.5 cm³/mol. The van der Waals surface area contributed by atoms with E-state index in [9.17, 15) is 0 Å². The second-order valence-corrected chi connectivity index (χ2v) is 4.96. The Morgan fingerprint density at radius 2 is 2.13 bits per heavy atom. The van der Waals surface area contributed by atoms with Gasteiger partial charge < -0.3 is 4.84 Å². The Labute approximate surface area is 100 Å². The molecule has 1 aromatic carbocycles. The van der Waals surface area contributed by atoms with Crippen LogP contribution in [-0.4, -0.2) is 6.61 Å². The van der Waals surface area contributed by atoms with Gasteiger partial charge in [0, 0.05) is 11.0 Å². The van der Waals surface area contributed by atoms with Crippen LogP contribution in [0.5, 0.6) is 0 Å². The Morgan fingerprint density at radius 1 is 1.40 bits per heavy atom. The molecule has 1 N–H and O–H groups in total. The van der Waals surface area contributed by atoms with Crippen molar-refractivity contribution in [3.05, 3.63) is 33.8 Å². The Bertz CT molecular complexity index is 312. The quantitative estimate of drug-likeness (QED) is 0.655. The summed E-state index contributed by atoms with van der Waals surface area (Å²) in [7, 11) is 0. The topological polar surface area (TPSA) is 21.3 Å². The van der Waals surface area contributed by atoms with Crippen molar-refractivity contribution in [3.8, 4) is 0 Å². The van der Waals surface area contributed by atoms with Crippen molar-refractivity contribution in [2.45, 2.75) is 27.3 Å². The van der Waals surface area contributed by atoms with E-state index in [4.69, 9.17) is 4.84 Å². The maximum Gasteiger partial charge on any atom is 0.0705 e. The maximum atomic E-state index is 5.30. The molecule has 0 fully saturated rings. The fraction of sp³-hybridized carbons (Fsp3) is 0.500. The zero-order chi connectivity index (χ0) is 11.3. The molecule has 0 aliphatic rings. The maximum absolute atomic E-state index is 5.30. The lowest BCUT2D eigenvalue weighted by molar-refractivity contribution is 0.0196. The van der Waals surface area contributed by atoms with E-state index in [0.29, 0.717) is 5.92 Å². The summed E-state index contributed by atoms with van der Waals surface area (Å²) in [4.78, 5) is 5.30. The normalized spacial score (nSPS) is 11.0. The van der Waals surface area contributed by atoms with Gasteiger partial charge in [0.25, 0.3) is 0 Å². The molecule has 0 aromatic heterocycles. The molecular formula is C12H18BrNO. The number of hydrogen-bond acceptors (Lipinski definition) is 2. The second-order valence-electron chi connectivity index (χ2n) is 4.11. The van der Waals surface area contributed by atoms with Gasteiger partial charge in [-0.05, 0) is 30.0 Å². The molecule has 0 radical (unpaired) electrons. The highest BCUT2D eigenvalue weighted by molar-refractivity contribution is 9.10. The van der Waals surface area contributed by atoms with Gasteiger partial charge in [-0.1, -0.05) is 41.9 Å². The molecule has 0 unspecified atom stereocenters. The molecule has 84 valence electrons. The van der Waals surface area contributed by atoms with Crippen LogP contribution in [0.4, 0.5) is 0 Å². The van der Waals surface area contributed by atoms with E-state index < -0.39 is 0 Å². The van der Waals surface area contributed by atoms with Crippen LogP contribution in [0.15, 0.2) is 22.7 Å². The van der Waals surface area contributed by atoms with Crippen molar-refractivity contribution in [1.29, 1.82) is 0 Å². The molecule has 0 aliphatic heterocycles. The van der Waals surface area contributed by atoms with Crippen LogP contribution in [0.1, 0.15) is 25.0 Å². The van der Waals surface area contributed by atoms with Crippen LogP contribution in [0.3, 0.4) is 0 Å². The summed E-state index contributed by atoms with van der Waals surface area (Å²) in [6, 6.07) is 6.32. The smallest absolute Gasteiger partial charge is 0.0705 e. The fourth-order valence-electron chi connectivity index (χ4n) is 1.11.